The molecule has 0 radical (unpaired) electrons. The fourth-order valence-corrected chi connectivity index (χ4v) is 5.86. The topological polar surface area (TPSA) is 107 Å². The van der Waals surface area contributed by atoms with Crippen molar-refractivity contribution in [1.82, 2.24) is 15.2 Å². The van der Waals surface area contributed by atoms with E-state index >= 15 is 0 Å². The van der Waals surface area contributed by atoms with Gasteiger partial charge >= 0.3 is 5.97 Å². The summed E-state index contributed by atoms with van der Waals surface area (Å²) in [5.41, 5.74) is 1.78. The summed E-state index contributed by atoms with van der Waals surface area (Å²) in [6, 6.07) is 23.1. The Morgan fingerprint density at radius 3 is 2.38 bits per heavy atom. The lowest BCUT2D eigenvalue weighted by Gasteiger charge is -2.33. The lowest BCUT2D eigenvalue weighted by Crippen LogP contribution is -2.47. The maximum Gasteiger partial charge on any atom is 0.344 e. The van der Waals surface area contributed by atoms with Gasteiger partial charge in [-0.25, -0.2) is 4.79 Å². The third-order valence-electron chi connectivity index (χ3n) is 8.44. The molecule has 3 aromatic carbocycles. The number of nitrogens with one attached hydrogen (secondary N) is 1. The molecule has 5 rings (SSSR count). The van der Waals surface area contributed by atoms with Gasteiger partial charge in [-0.15, -0.1) is 0 Å². The molecule has 246 valence electrons. The Hall–Kier alpha value is -4.92. The number of nitrogens with zero attached hydrogens (tertiary/aromatic N) is 2. The highest BCUT2D eigenvalue weighted by atomic mass is 16.6. The summed E-state index contributed by atoms with van der Waals surface area (Å²) in [6.07, 6.45) is 8.46. The van der Waals surface area contributed by atoms with Crippen LogP contribution in [0.15, 0.2) is 85.1 Å². The van der Waals surface area contributed by atoms with Crippen LogP contribution in [0.25, 0.3) is 10.8 Å². The van der Waals surface area contributed by atoms with E-state index in [-0.39, 0.29) is 36.7 Å². The number of pyridine rings is 1. The number of hydrogen-bond acceptors (Lipinski definition) is 7. The first kappa shape index (κ1) is 33.4. The van der Waals surface area contributed by atoms with Gasteiger partial charge in [-0.1, -0.05) is 69.0 Å². The van der Waals surface area contributed by atoms with Crippen LogP contribution in [-0.2, 0) is 20.9 Å². The van der Waals surface area contributed by atoms with Crippen molar-refractivity contribution in [2.75, 3.05) is 20.3 Å². The van der Waals surface area contributed by atoms with Gasteiger partial charge in [0, 0.05) is 18.8 Å². The highest BCUT2D eigenvalue weighted by Gasteiger charge is 2.34. The molecule has 1 unspecified atom stereocenters. The first-order valence-corrected chi connectivity index (χ1v) is 16.4. The normalized spacial score (nSPS) is 13.8. The second-order valence-corrected chi connectivity index (χ2v) is 11.9. The first-order chi connectivity index (χ1) is 22.9. The quantitative estimate of drug-likeness (QED) is 0.120. The van der Waals surface area contributed by atoms with Gasteiger partial charge < -0.3 is 24.4 Å². The van der Waals surface area contributed by atoms with Crippen LogP contribution in [0.5, 0.6) is 11.5 Å². The third-order valence-corrected chi connectivity index (χ3v) is 8.44. The van der Waals surface area contributed by atoms with Crippen molar-refractivity contribution in [1.29, 1.82) is 0 Å². The molecule has 1 heterocycles. The maximum atomic E-state index is 14.3. The smallest absolute Gasteiger partial charge is 0.344 e. The molecule has 0 aliphatic heterocycles. The lowest BCUT2D eigenvalue weighted by molar-refractivity contribution is -0.146. The van der Waals surface area contributed by atoms with Crippen LogP contribution in [0.3, 0.4) is 0 Å². The molecule has 2 amide bonds. The number of carbonyl (C=O) groups is 3. The summed E-state index contributed by atoms with van der Waals surface area (Å²) in [5, 5.41) is 5.01. The Morgan fingerprint density at radius 2 is 1.66 bits per heavy atom. The number of benzene rings is 3. The minimum Gasteiger partial charge on any atom is -0.497 e. The molecular weight excluding hydrogens is 594 g/mol. The van der Waals surface area contributed by atoms with Crippen molar-refractivity contribution in [3.8, 4) is 11.5 Å². The number of ether oxygens (including phenoxy) is 3. The van der Waals surface area contributed by atoms with E-state index in [4.69, 9.17) is 14.2 Å². The average Bonchev–Trinajstić information content (AvgIpc) is 3.11. The summed E-state index contributed by atoms with van der Waals surface area (Å²) < 4.78 is 16.2. The van der Waals surface area contributed by atoms with Gasteiger partial charge in [0.05, 0.1) is 13.7 Å². The van der Waals surface area contributed by atoms with Crippen LogP contribution in [0.2, 0.25) is 0 Å². The predicted octanol–water partition coefficient (Wildman–Crippen LogP) is 6.80. The van der Waals surface area contributed by atoms with Crippen molar-refractivity contribution in [3.05, 3.63) is 102 Å². The van der Waals surface area contributed by atoms with Gasteiger partial charge in [0.15, 0.2) is 6.61 Å². The van der Waals surface area contributed by atoms with E-state index < -0.39 is 12.0 Å². The van der Waals surface area contributed by atoms with Crippen molar-refractivity contribution in [3.63, 3.8) is 0 Å². The Balaban J connectivity index is 1.48. The van der Waals surface area contributed by atoms with Crippen molar-refractivity contribution < 1.29 is 28.6 Å². The minimum atomic E-state index is -0.924. The highest BCUT2D eigenvalue weighted by molar-refractivity contribution is 5.97. The largest absolute Gasteiger partial charge is 0.497 e. The molecule has 1 atom stereocenters. The Morgan fingerprint density at radius 1 is 0.915 bits per heavy atom. The summed E-state index contributed by atoms with van der Waals surface area (Å²) in [5.74, 6) is 0.260. The van der Waals surface area contributed by atoms with Crippen LogP contribution >= 0.6 is 0 Å². The second-order valence-electron chi connectivity index (χ2n) is 11.9. The van der Waals surface area contributed by atoms with Gasteiger partial charge in [0.1, 0.15) is 23.2 Å². The Kier molecular flexibility index (Phi) is 11.8. The molecule has 0 saturated heterocycles. The minimum absolute atomic E-state index is 0.0559. The monoisotopic (exact) mass is 637 g/mol. The molecule has 1 aliphatic carbocycles. The number of fused-ring (bicyclic) bond motifs is 1. The number of esters is 1. The first-order valence-electron chi connectivity index (χ1n) is 16.4. The van der Waals surface area contributed by atoms with Crippen LogP contribution in [0, 0.1) is 0 Å². The van der Waals surface area contributed by atoms with Gasteiger partial charge in [-0.3, -0.25) is 14.6 Å². The summed E-state index contributed by atoms with van der Waals surface area (Å²) >= 11 is 0. The molecule has 1 saturated carbocycles. The van der Waals surface area contributed by atoms with Crippen LogP contribution in [0.4, 0.5) is 0 Å². The van der Waals surface area contributed by atoms with E-state index in [1.165, 1.54) is 0 Å². The second kappa shape index (κ2) is 16.6. The number of carbonyl (C=O) groups excluding carboxylic acids is 3. The molecule has 1 aromatic heterocycles. The van der Waals surface area contributed by atoms with Gasteiger partial charge in [0.25, 0.3) is 5.91 Å². The van der Waals surface area contributed by atoms with Crippen molar-refractivity contribution in [2.45, 2.75) is 70.5 Å². The SMILES string of the molecule is CCCCOC(=O)COc1ccc2cc(C(C(=O)NC3CCCCC3)N(Cc3ccc(OC)cc3)C(=O)c3ccccn3)ccc2c1. The standard InChI is InChI=1S/C38H43N3O6/c1-3-4-22-46-35(42)26-47-33-20-17-28-23-30(16-15-29(28)24-33)36(37(43)40-31-10-6-5-7-11-31)41(38(44)34-12-8-9-21-39-34)25-27-13-18-32(45-2)19-14-27/h8-9,12-21,23-24,31,36H,3-7,10-11,22,25-26H2,1-2H3,(H,40,43). The maximum absolute atomic E-state index is 14.3. The van der Waals surface area contributed by atoms with Gasteiger partial charge in [-0.2, -0.15) is 0 Å². The van der Waals surface area contributed by atoms with Crippen LogP contribution < -0.4 is 14.8 Å². The van der Waals surface area contributed by atoms with Crippen LogP contribution in [0.1, 0.15) is 79.5 Å². The zero-order chi connectivity index (χ0) is 33.0. The fourth-order valence-electron chi connectivity index (χ4n) is 5.86. The summed E-state index contributed by atoms with van der Waals surface area (Å²) in [4.78, 5) is 46.5. The average molecular weight is 638 g/mol. The molecule has 0 spiro atoms. The lowest BCUT2D eigenvalue weighted by atomic mass is 9.94. The van der Waals surface area contributed by atoms with E-state index in [0.717, 1.165) is 61.3 Å². The van der Waals surface area contributed by atoms with Gasteiger partial charge in [-0.05, 0) is 83.6 Å². The van der Waals surface area contributed by atoms with E-state index in [2.05, 4.69) is 10.3 Å². The zero-order valence-corrected chi connectivity index (χ0v) is 27.2. The molecule has 9 nitrogen and oxygen atoms in total. The molecule has 4 aromatic rings. The molecule has 1 fully saturated rings. The number of rotatable bonds is 14. The van der Waals surface area contributed by atoms with E-state index in [1.807, 2.05) is 61.5 Å². The van der Waals surface area contributed by atoms with E-state index in [9.17, 15) is 14.4 Å². The van der Waals surface area contributed by atoms with Crippen molar-refractivity contribution in [2.24, 2.45) is 0 Å². The number of hydrogen-bond donors (Lipinski definition) is 1. The molecule has 1 aliphatic rings. The highest BCUT2D eigenvalue weighted by Crippen LogP contribution is 2.31. The number of methoxy groups -OCH3 is 1. The molecule has 1 N–H and O–H groups in total. The predicted molar refractivity (Wildman–Crippen MR) is 180 cm³/mol. The summed E-state index contributed by atoms with van der Waals surface area (Å²) in [7, 11) is 1.61. The molecular formula is C38H43N3O6. The molecule has 47 heavy (non-hydrogen) atoms. The van der Waals surface area contributed by atoms with Crippen LogP contribution in [-0.4, -0.2) is 54.0 Å². The number of amides is 2. The Bertz CT molecular complexity index is 1640. The van der Waals surface area contributed by atoms with E-state index in [0.29, 0.717) is 23.7 Å². The Labute approximate surface area is 276 Å². The van der Waals surface area contributed by atoms with Crippen molar-refractivity contribution >= 4 is 28.6 Å². The summed E-state index contributed by atoms with van der Waals surface area (Å²) in [6.45, 7) is 2.42. The molecule has 9 heteroatoms. The molecule has 0 bridgehead atoms. The van der Waals surface area contributed by atoms with E-state index in [1.54, 1.807) is 42.5 Å². The third kappa shape index (κ3) is 9.09. The number of aromatic nitrogens is 1. The van der Waals surface area contributed by atoms with Gasteiger partial charge in [0.2, 0.25) is 5.91 Å². The zero-order valence-electron chi connectivity index (χ0n) is 27.2. The number of unbranched alkanes of at least 4 members (excludes halogenated alkanes) is 1. The fraction of sp³-hybridized carbons (Fsp3) is 0.368.